The maximum Gasteiger partial charge on any atom is 0.142 e. The number of methoxy groups -OCH3 is 1. The Morgan fingerprint density at radius 1 is 1.31 bits per heavy atom. The van der Waals surface area contributed by atoms with Gasteiger partial charge in [0.05, 0.1) is 12.8 Å². The highest BCUT2D eigenvalue weighted by Crippen LogP contribution is 2.27. The molecule has 0 amide bonds. The molecule has 0 aliphatic rings. The summed E-state index contributed by atoms with van der Waals surface area (Å²) >= 11 is 0. The molecule has 0 saturated carbocycles. The molecule has 3 nitrogen and oxygen atoms in total. The minimum absolute atomic E-state index is 0.464. The van der Waals surface area contributed by atoms with Gasteiger partial charge < -0.3 is 15.8 Å². The Morgan fingerprint density at radius 2 is 1.94 bits per heavy atom. The van der Waals surface area contributed by atoms with Crippen molar-refractivity contribution in [3.8, 4) is 5.75 Å². The highest BCUT2D eigenvalue weighted by molar-refractivity contribution is 5.60. The first-order valence-corrected chi connectivity index (χ1v) is 5.67. The number of hydrogen-bond acceptors (Lipinski definition) is 3. The zero-order valence-electron chi connectivity index (χ0n) is 10.6. The second-order valence-electron chi connectivity index (χ2n) is 4.36. The van der Waals surface area contributed by atoms with Crippen LogP contribution in [-0.2, 0) is 0 Å². The Kier molecular flexibility index (Phi) is 4.62. The van der Waals surface area contributed by atoms with Crippen molar-refractivity contribution in [3.63, 3.8) is 0 Å². The second kappa shape index (κ2) is 5.75. The van der Waals surface area contributed by atoms with Gasteiger partial charge in [-0.3, -0.25) is 0 Å². The van der Waals surface area contributed by atoms with Crippen molar-refractivity contribution < 1.29 is 4.74 Å². The predicted octanol–water partition coefficient (Wildman–Crippen LogP) is 2.32. The van der Waals surface area contributed by atoms with Crippen molar-refractivity contribution in [3.05, 3.63) is 23.3 Å². The molecular formula is C13H22N2O. The third kappa shape index (κ3) is 3.14. The third-order valence-corrected chi connectivity index (χ3v) is 2.86. The molecule has 3 N–H and O–H groups in total. The van der Waals surface area contributed by atoms with Crippen LogP contribution in [0.5, 0.6) is 5.75 Å². The first kappa shape index (κ1) is 12.8. The van der Waals surface area contributed by atoms with E-state index >= 15 is 0 Å². The van der Waals surface area contributed by atoms with Crippen molar-refractivity contribution in [1.82, 2.24) is 0 Å². The number of ether oxygens (including phenoxy) is 1. The minimum atomic E-state index is 0.464. The van der Waals surface area contributed by atoms with Gasteiger partial charge in [0, 0.05) is 6.54 Å². The topological polar surface area (TPSA) is 47.3 Å². The summed E-state index contributed by atoms with van der Waals surface area (Å²) in [5.41, 5.74) is 9.15. The van der Waals surface area contributed by atoms with E-state index in [4.69, 9.17) is 10.5 Å². The van der Waals surface area contributed by atoms with Crippen LogP contribution in [0.2, 0.25) is 0 Å². The van der Waals surface area contributed by atoms with Gasteiger partial charge in [-0.25, -0.2) is 0 Å². The van der Waals surface area contributed by atoms with Gasteiger partial charge in [0.1, 0.15) is 5.75 Å². The Labute approximate surface area is 98.0 Å². The maximum atomic E-state index is 5.59. The molecule has 1 rings (SSSR count). The van der Waals surface area contributed by atoms with E-state index in [2.05, 4.69) is 38.2 Å². The zero-order valence-corrected chi connectivity index (χ0v) is 10.6. The molecule has 1 atom stereocenters. The number of anilines is 1. The van der Waals surface area contributed by atoms with Gasteiger partial charge in [-0.1, -0.05) is 6.92 Å². The van der Waals surface area contributed by atoms with Gasteiger partial charge in [-0.15, -0.1) is 0 Å². The maximum absolute atomic E-state index is 5.59. The van der Waals surface area contributed by atoms with Crippen molar-refractivity contribution in [2.24, 2.45) is 11.7 Å². The monoisotopic (exact) mass is 222 g/mol. The van der Waals surface area contributed by atoms with Gasteiger partial charge >= 0.3 is 0 Å². The fourth-order valence-corrected chi connectivity index (χ4v) is 1.46. The van der Waals surface area contributed by atoms with Crippen molar-refractivity contribution in [2.45, 2.75) is 20.8 Å². The smallest absolute Gasteiger partial charge is 0.142 e. The fourth-order valence-electron chi connectivity index (χ4n) is 1.46. The molecule has 3 heteroatoms. The first-order valence-electron chi connectivity index (χ1n) is 5.67. The molecule has 0 saturated heterocycles. The van der Waals surface area contributed by atoms with Crippen LogP contribution in [-0.4, -0.2) is 20.2 Å². The largest absolute Gasteiger partial charge is 0.495 e. The Morgan fingerprint density at radius 3 is 2.50 bits per heavy atom. The van der Waals surface area contributed by atoms with Crippen LogP contribution in [0.4, 0.5) is 5.69 Å². The summed E-state index contributed by atoms with van der Waals surface area (Å²) < 4.78 is 5.35. The molecule has 16 heavy (non-hydrogen) atoms. The molecule has 90 valence electrons. The Balaban J connectivity index is 2.81. The predicted molar refractivity (Wildman–Crippen MR) is 69.2 cm³/mol. The van der Waals surface area contributed by atoms with E-state index in [0.29, 0.717) is 12.5 Å². The fraction of sp³-hybridized carbons (Fsp3) is 0.538. The Bertz CT molecular complexity index is 350. The number of nitrogens with one attached hydrogen (secondary N) is 1. The average molecular weight is 222 g/mol. The normalized spacial score (nSPS) is 12.3. The lowest BCUT2D eigenvalue weighted by molar-refractivity contribution is 0.415. The van der Waals surface area contributed by atoms with Crippen LogP contribution in [0.25, 0.3) is 0 Å². The van der Waals surface area contributed by atoms with E-state index in [0.717, 1.165) is 18.0 Å². The summed E-state index contributed by atoms with van der Waals surface area (Å²) in [5, 5.41) is 3.38. The summed E-state index contributed by atoms with van der Waals surface area (Å²) in [5.74, 6) is 1.36. The highest BCUT2D eigenvalue weighted by atomic mass is 16.5. The molecule has 0 aromatic heterocycles. The van der Waals surface area contributed by atoms with Gasteiger partial charge in [0.15, 0.2) is 0 Å². The standard InChI is InChI=1S/C13H22N2O/c1-9(7-14)8-15-12-5-10(2)11(3)6-13(12)16-4/h5-6,9,15H,7-8,14H2,1-4H3. The van der Waals surface area contributed by atoms with Crippen LogP contribution >= 0.6 is 0 Å². The lowest BCUT2D eigenvalue weighted by atomic mass is 10.1. The van der Waals surface area contributed by atoms with E-state index in [1.54, 1.807) is 7.11 Å². The molecular weight excluding hydrogens is 200 g/mol. The molecule has 0 spiro atoms. The molecule has 0 aliphatic heterocycles. The summed E-state index contributed by atoms with van der Waals surface area (Å²) in [6, 6.07) is 4.18. The molecule has 0 heterocycles. The zero-order chi connectivity index (χ0) is 12.1. The van der Waals surface area contributed by atoms with Gasteiger partial charge in [0.2, 0.25) is 0 Å². The van der Waals surface area contributed by atoms with Crippen molar-refractivity contribution in [1.29, 1.82) is 0 Å². The molecule has 1 aromatic rings. The second-order valence-corrected chi connectivity index (χ2v) is 4.36. The van der Waals surface area contributed by atoms with E-state index < -0.39 is 0 Å². The van der Waals surface area contributed by atoms with Crippen molar-refractivity contribution >= 4 is 5.69 Å². The van der Waals surface area contributed by atoms with E-state index in [-0.39, 0.29) is 0 Å². The van der Waals surface area contributed by atoms with Gasteiger partial charge in [-0.05, 0) is 49.6 Å². The van der Waals surface area contributed by atoms with E-state index in [1.807, 2.05) is 0 Å². The minimum Gasteiger partial charge on any atom is -0.495 e. The lowest BCUT2D eigenvalue weighted by Gasteiger charge is -2.16. The Hall–Kier alpha value is -1.22. The van der Waals surface area contributed by atoms with Crippen LogP contribution in [0.3, 0.4) is 0 Å². The number of benzene rings is 1. The molecule has 0 fully saturated rings. The van der Waals surface area contributed by atoms with Crippen LogP contribution in [0.15, 0.2) is 12.1 Å². The SMILES string of the molecule is COc1cc(C)c(C)cc1NCC(C)CN. The molecule has 1 unspecified atom stereocenters. The summed E-state index contributed by atoms with van der Waals surface area (Å²) in [7, 11) is 1.70. The van der Waals surface area contributed by atoms with Crippen molar-refractivity contribution in [2.75, 3.05) is 25.5 Å². The number of aryl methyl sites for hydroxylation is 2. The first-order chi connectivity index (χ1) is 7.58. The lowest BCUT2D eigenvalue weighted by Crippen LogP contribution is -2.20. The molecule has 0 radical (unpaired) electrons. The van der Waals surface area contributed by atoms with Gasteiger partial charge in [0.25, 0.3) is 0 Å². The molecule has 0 bridgehead atoms. The van der Waals surface area contributed by atoms with Crippen LogP contribution in [0, 0.1) is 19.8 Å². The summed E-state index contributed by atoms with van der Waals surface area (Å²) in [6.45, 7) is 7.88. The highest BCUT2D eigenvalue weighted by Gasteiger charge is 2.06. The quantitative estimate of drug-likeness (QED) is 0.803. The van der Waals surface area contributed by atoms with E-state index in [9.17, 15) is 0 Å². The third-order valence-electron chi connectivity index (χ3n) is 2.86. The van der Waals surface area contributed by atoms with Crippen LogP contribution in [0.1, 0.15) is 18.1 Å². The number of hydrogen-bond donors (Lipinski definition) is 2. The average Bonchev–Trinajstić information content (AvgIpc) is 2.29. The number of rotatable bonds is 5. The molecule has 1 aromatic carbocycles. The summed E-state index contributed by atoms with van der Waals surface area (Å²) in [6.07, 6.45) is 0. The van der Waals surface area contributed by atoms with Crippen LogP contribution < -0.4 is 15.8 Å². The molecule has 0 aliphatic carbocycles. The van der Waals surface area contributed by atoms with Gasteiger partial charge in [-0.2, -0.15) is 0 Å². The van der Waals surface area contributed by atoms with E-state index in [1.165, 1.54) is 11.1 Å². The summed E-state index contributed by atoms with van der Waals surface area (Å²) in [4.78, 5) is 0. The number of nitrogens with two attached hydrogens (primary N) is 1.